The molecule has 0 atom stereocenters. The van der Waals surface area contributed by atoms with Gasteiger partial charge in [0.05, 0.1) is 11.4 Å². The highest BCUT2D eigenvalue weighted by molar-refractivity contribution is 5.93. The fourth-order valence-electron chi connectivity index (χ4n) is 2.08. The van der Waals surface area contributed by atoms with E-state index in [1.165, 1.54) is 18.2 Å². The Labute approximate surface area is 123 Å². The van der Waals surface area contributed by atoms with Crippen molar-refractivity contribution in [3.63, 3.8) is 0 Å². The average molecular weight is 290 g/mol. The topological polar surface area (TPSA) is 72.9 Å². The first-order chi connectivity index (χ1) is 10.1. The van der Waals surface area contributed by atoms with Crippen molar-refractivity contribution >= 4 is 17.3 Å². The number of aromatic nitrogens is 2. The first kappa shape index (κ1) is 15.0. The van der Waals surface area contributed by atoms with Gasteiger partial charge in [-0.1, -0.05) is 6.92 Å². The molecule has 0 aliphatic carbocycles. The van der Waals surface area contributed by atoms with Crippen LogP contribution in [0.2, 0.25) is 0 Å². The number of nitrogens with zero attached hydrogens (tertiary/aromatic N) is 2. The molecular weight excluding hydrogens is 271 g/mol. The van der Waals surface area contributed by atoms with Crippen molar-refractivity contribution in [2.24, 2.45) is 0 Å². The molecule has 1 aromatic heterocycles. The minimum atomic E-state index is -0.423. The molecule has 0 saturated heterocycles. The quantitative estimate of drug-likeness (QED) is 0.803. The van der Waals surface area contributed by atoms with Crippen molar-refractivity contribution in [1.82, 2.24) is 9.55 Å². The summed E-state index contributed by atoms with van der Waals surface area (Å²) in [4.78, 5) is 16.2. The summed E-state index contributed by atoms with van der Waals surface area (Å²) in [6, 6.07) is 3.91. The highest BCUT2D eigenvalue weighted by Crippen LogP contribution is 2.19. The number of nitrogens with two attached hydrogens (primary N) is 1. The Bertz CT molecular complexity index is 624. The molecule has 0 fully saturated rings. The van der Waals surface area contributed by atoms with E-state index in [0.29, 0.717) is 18.7 Å². The van der Waals surface area contributed by atoms with Gasteiger partial charge in [-0.3, -0.25) is 4.79 Å². The van der Waals surface area contributed by atoms with Gasteiger partial charge in [0.1, 0.15) is 11.6 Å². The van der Waals surface area contributed by atoms with Gasteiger partial charge in [-0.05, 0) is 24.6 Å². The van der Waals surface area contributed by atoms with Crippen LogP contribution in [0.25, 0.3) is 0 Å². The number of hydrogen-bond acceptors (Lipinski definition) is 3. The molecular formula is C15H19FN4O. The van der Waals surface area contributed by atoms with Gasteiger partial charge in [0.25, 0.3) is 0 Å². The van der Waals surface area contributed by atoms with E-state index in [9.17, 15) is 9.18 Å². The van der Waals surface area contributed by atoms with Gasteiger partial charge < -0.3 is 15.6 Å². The maximum Gasteiger partial charge on any atom is 0.226 e. The number of carbonyl (C=O) groups is 1. The minimum Gasteiger partial charge on any atom is -0.397 e. The second-order valence-electron chi connectivity index (χ2n) is 4.82. The maximum atomic E-state index is 12.9. The van der Waals surface area contributed by atoms with Gasteiger partial charge in [-0.25, -0.2) is 9.37 Å². The molecule has 0 radical (unpaired) electrons. The zero-order valence-corrected chi connectivity index (χ0v) is 12.0. The number of benzene rings is 1. The summed E-state index contributed by atoms with van der Waals surface area (Å²) in [5.74, 6) is 0.393. The Morgan fingerprint density at radius 2 is 2.29 bits per heavy atom. The fraction of sp³-hybridized carbons (Fsp3) is 0.333. The molecule has 0 bridgehead atoms. The third-order valence-corrected chi connectivity index (χ3v) is 3.14. The van der Waals surface area contributed by atoms with Crippen molar-refractivity contribution in [2.75, 3.05) is 11.1 Å². The zero-order valence-electron chi connectivity index (χ0n) is 12.0. The highest BCUT2D eigenvalue weighted by atomic mass is 19.1. The van der Waals surface area contributed by atoms with Crippen LogP contribution in [0.1, 0.15) is 25.6 Å². The summed E-state index contributed by atoms with van der Waals surface area (Å²) in [5.41, 5.74) is 6.31. The van der Waals surface area contributed by atoms with Crippen LogP contribution in [-0.4, -0.2) is 15.5 Å². The highest BCUT2D eigenvalue weighted by Gasteiger charge is 2.08. The van der Waals surface area contributed by atoms with Crippen LogP contribution in [-0.2, 0) is 17.8 Å². The fourth-order valence-corrected chi connectivity index (χ4v) is 2.08. The van der Waals surface area contributed by atoms with Gasteiger partial charge >= 0.3 is 0 Å². The average Bonchev–Trinajstić information content (AvgIpc) is 2.88. The third kappa shape index (κ3) is 4.05. The SMILES string of the molecule is CCCc1nccn1CCC(=O)Nc1ccc(F)cc1N. The number of hydrogen-bond donors (Lipinski definition) is 2. The Hall–Kier alpha value is -2.37. The smallest absolute Gasteiger partial charge is 0.226 e. The van der Waals surface area contributed by atoms with Crippen LogP contribution in [0.4, 0.5) is 15.8 Å². The van der Waals surface area contributed by atoms with E-state index in [4.69, 9.17) is 5.73 Å². The number of amides is 1. The molecule has 0 aliphatic rings. The molecule has 2 rings (SSSR count). The van der Waals surface area contributed by atoms with Gasteiger partial charge in [0.2, 0.25) is 5.91 Å². The normalized spacial score (nSPS) is 10.6. The monoisotopic (exact) mass is 290 g/mol. The predicted molar refractivity (Wildman–Crippen MR) is 80.3 cm³/mol. The molecule has 5 nitrogen and oxygen atoms in total. The molecule has 2 aromatic rings. The van der Waals surface area contributed by atoms with Crippen LogP contribution in [0.5, 0.6) is 0 Å². The zero-order chi connectivity index (χ0) is 15.2. The lowest BCUT2D eigenvalue weighted by molar-refractivity contribution is -0.116. The summed E-state index contributed by atoms with van der Waals surface area (Å²) < 4.78 is 14.9. The third-order valence-electron chi connectivity index (χ3n) is 3.14. The molecule has 1 heterocycles. The van der Waals surface area contributed by atoms with E-state index in [1.54, 1.807) is 6.20 Å². The van der Waals surface area contributed by atoms with Crippen LogP contribution >= 0.6 is 0 Å². The molecule has 1 amide bonds. The molecule has 3 N–H and O–H groups in total. The van der Waals surface area contributed by atoms with Crippen molar-refractivity contribution in [3.05, 3.63) is 42.2 Å². The van der Waals surface area contributed by atoms with Gasteiger partial charge in [-0.15, -0.1) is 0 Å². The van der Waals surface area contributed by atoms with E-state index in [2.05, 4.69) is 17.2 Å². The largest absolute Gasteiger partial charge is 0.397 e. The number of rotatable bonds is 6. The van der Waals surface area contributed by atoms with Crippen molar-refractivity contribution in [3.8, 4) is 0 Å². The van der Waals surface area contributed by atoms with Gasteiger partial charge in [0.15, 0.2) is 0 Å². The Morgan fingerprint density at radius 1 is 1.48 bits per heavy atom. The lowest BCUT2D eigenvalue weighted by Gasteiger charge is -2.10. The van der Waals surface area contributed by atoms with Crippen LogP contribution in [0.3, 0.4) is 0 Å². The lowest BCUT2D eigenvalue weighted by Crippen LogP contribution is -2.16. The Balaban J connectivity index is 1.91. The predicted octanol–water partition coefficient (Wildman–Crippen LogP) is 2.59. The Kier molecular flexibility index (Phi) is 4.92. The van der Waals surface area contributed by atoms with Crippen LogP contribution in [0.15, 0.2) is 30.6 Å². The van der Waals surface area contributed by atoms with Gasteiger partial charge in [-0.2, -0.15) is 0 Å². The van der Waals surface area contributed by atoms with E-state index in [1.807, 2.05) is 10.8 Å². The van der Waals surface area contributed by atoms with E-state index in [-0.39, 0.29) is 11.6 Å². The Morgan fingerprint density at radius 3 is 3.00 bits per heavy atom. The van der Waals surface area contributed by atoms with Crippen LogP contribution in [0, 0.1) is 5.82 Å². The molecule has 6 heteroatoms. The molecule has 1 aromatic carbocycles. The maximum absolute atomic E-state index is 12.9. The molecule has 21 heavy (non-hydrogen) atoms. The number of carbonyl (C=O) groups excluding carboxylic acids is 1. The molecule has 0 aliphatic heterocycles. The summed E-state index contributed by atoms with van der Waals surface area (Å²) in [6.45, 7) is 2.64. The summed E-state index contributed by atoms with van der Waals surface area (Å²) in [7, 11) is 0. The number of nitrogen functional groups attached to an aromatic ring is 1. The van der Waals surface area contributed by atoms with Gasteiger partial charge in [0, 0.05) is 31.8 Å². The molecule has 0 spiro atoms. The molecule has 0 saturated carbocycles. The first-order valence-corrected chi connectivity index (χ1v) is 6.95. The summed E-state index contributed by atoms with van der Waals surface area (Å²) in [5, 5.41) is 2.69. The van der Waals surface area contributed by atoms with Crippen LogP contribution < -0.4 is 11.1 Å². The second-order valence-corrected chi connectivity index (χ2v) is 4.82. The number of nitrogens with one attached hydrogen (secondary N) is 1. The van der Waals surface area contributed by atoms with E-state index >= 15 is 0 Å². The van der Waals surface area contributed by atoms with E-state index < -0.39 is 5.82 Å². The van der Waals surface area contributed by atoms with Crippen molar-refractivity contribution in [2.45, 2.75) is 32.7 Å². The standard InChI is InChI=1S/C15H19FN4O/c1-2-3-14-18-7-9-20(14)8-6-15(21)19-13-5-4-11(16)10-12(13)17/h4-5,7,9-10H,2-3,6,8,17H2,1H3,(H,19,21). The minimum absolute atomic E-state index is 0.163. The first-order valence-electron chi connectivity index (χ1n) is 6.95. The summed E-state index contributed by atoms with van der Waals surface area (Å²) >= 11 is 0. The second kappa shape index (κ2) is 6.88. The number of anilines is 2. The number of imidazole rings is 1. The number of halogens is 1. The number of aryl methyl sites for hydroxylation is 2. The lowest BCUT2D eigenvalue weighted by atomic mass is 10.2. The summed E-state index contributed by atoms with van der Waals surface area (Å²) in [6.07, 6.45) is 5.81. The van der Waals surface area contributed by atoms with Crippen molar-refractivity contribution < 1.29 is 9.18 Å². The molecule has 112 valence electrons. The van der Waals surface area contributed by atoms with E-state index in [0.717, 1.165) is 18.7 Å². The molecule has 0 unspecified atom stereocenters. The van der Waals surface area contributed by atoms with Crippen molar-refractivity contribution in [1.29, 1.82) is 0 Å².